The fourth-order valence-corrected chi connectivity index (χ4v) is 4.49. The minimum absolute atomic E-state index is 0.0627. The Morgan fingerprint density at radius 2 is 2.16 bits per heavy atom. The van der Waals surface area contributed by atoms with E-state index in [1.165, 1.54) is 11.3 Å². The lowest BCUT2D eigenvalue weighted by Crippen LogP contribution is -2.29. The highest BCUT2D eigenvalue weighted by Gasteiger charge is 2.31. The molecule has 4 rings (SSSR count). The van der Waals surface area contributed by atoms with Gasteiger partial charge < -0.3 is 9.80 Å². The van der Waals surface area contributed by atoms with Crippen LogP contribution >= 0.6 is 11.3 Å². The molecular formula is C17H21N5O2S. The molecule has 8 heteroatoms. The van der Waals surface area contributed by atoms with E-state index in [1.54, 1.807) is 11.1 Å². The molecule has 25 heavy (non-hydrogen) atoms. The fraction of sp³-hybridized carbons (Fsp3) is 0.529. The summed E-state index contributed by atoms with van der Waals surface area (Å²) in [4.78, 5) is 33.4. The quantitative estimate of drug-likeness (QED) is 0.842. The molecule has 0 aliphatic carbocycles. The number of aromatic nitrogens is 3. The van der Waals surface area contributed by atoms with Crippen LogP contribution < -0.4 is 4.90 Å². The van der Waals surface area contributed by atoms with E-state index < -0.39 is 0 Å². The van der Waals surface area contributed by atoms with Gasteiger partial charge in [-0.1, -0.05) is 0 Å². The summed E-state index contributed by atoms with van der Waals surface area (Å²) in [6.45, 7) is 5.94. The van der Waals surface area contributed by atoms with Crippen molar-refractivity contribution < 1.29 is 9.59 Å². The molecule has 4 heterocycles. The molecule has 132 valence electrons. The molecule has 2 aliphatic heterocycles. The molecule has 0 spiro atoms. The lowest BCUT2D eigenvalue weighted by molar-refractivity contribution is -0.117. The summed E-state index contributed by atoms with van der Waals surface area (Å²) in [5, 5.41) is 5.36. The topological polar surface area (TPSA) is 71.3 Å². The van der Waals surface area contributed by atoms with Gasteiger partial charge in [0, 0.05) is 32.3 Å². The molecule has 0 radical (unpaired) electrons. The number of carbonyl (C=O) groups excluding carboxylic acids is 2. The molecule has 0 N–H and O–H groups in total. The summed E-state index contributed by atoms with van der Waals surface area (Å²) in [6, 6.07) is 0.157. The Morgan fingerprint density at radius 1 is 1.32 bits per heavy atom. The van der Waals surface area contributed by atoms with E-state index in [9.17, 15) is 9.59 Å². The number of aryl methyl sites for hydroxylation is 2. The van der Waals surface area contributed by atoms with Crippen molar-refractivity contribution in [1.82, 2.24) is 19.7 Å². The molecule has 1 atom stereocenters. The van der Waals surface area contributed by atoms with Crippen molar-refractivity contribution in [2.75, 3.05) is 24.5 Å². The molecule has 2 aliphatic rings. The number of hydrogen-bond donors (Lipinski definition) is 0. The van der Waals surface area contributed by atoms with Crippen LogP contribution in [0.5, 0.6) is 0 Å². The SMILES string of the molecule is Cc1nc(C)c(C(=O)N2CCC(n3cc(N4CCCC4=O)cn3)C2)s1. The van der Waals surface area contributed by atoms with E-state index in [0.29, 0.717) is 13.0 Å². The van der Waals surface area contributed by atoms with Gasteiger partial charge in [-0.2, -0.15) is 5.10 Å². The lowest BCUT2D eigenvalue weighted by Gasteiger charge is -2.16. The Balaban J connectivity index is 1.46. The maximum atomic E-state index is 12.7. The third kappa shape index (κ3) is 2.95. The van der Waals surface area contributed by atoms with Gasteiger partial charge in [0.25, 0.3) is 5.91 Å². The molecule has 2 saturated heterocycles. The maximum Gasteiger partial charge on any atom is 0.265 e. The average molecular weight is 359 g/mol. The predicted octanol–water partition coefficient (Wildman–Crippen LogP) is 2.17. The van der Waals surface area contributed by atoms with Crippen LogP contribution in [0, 0.1) is 13.8 Å². The van der Waals surface area contributed by atoms with Crippen molar-refractivity contribution in [3.8, 4) is 0 Å². The van der Waals surface area contributed by atoms with E-state index in [2.05, 4.69) is 10.1 Å². The number of likely N-dealkylation sites (tertiary alicyclic amines) is 1. The van der Waals surface area contributed by atoms with Gasteiger partial charge in [0.2, 0.25) is 5.91 Å². The highest BCUT2D eigenvalue weighted by Crippen LogP contribution is 2.28. The Bertz CT molecular complexity index is 827. The van der Waals surface area contributed by atoms with E-state index >= 15 is 0 Å². The number of thiazole rings is 1. The van der Waals surface area contributed by atoms with Gasteiger partial charge in [0.05, 0.1) is 28.6 Å². The molecule has 7 nitrogen and oxygen atoms in total. The summed E-state index contributed by atoms with van der Waals surface area (Å²) >= 11 is 1.46. The molecule has 0 aromatic carbocycles. The van der Waals surface area contributed by atoms with Gasteiger partial charge in [-0.05, 0) is 26.7 Å². The largest absolute Gasteiger partial charge is 0.336 e. The monoisotopic (exact) mass is 359 g/mol. The molecular weight excluding hydrogens is 338 g/mol. The van der Waals surface area contributed by atoms with Crippen molar-refractivity contribution in [2.45, 2.75) is 39.2 Å². The second-order valence-electron chi connectivity index (χ2n) is 6.67. The van der Waals surface area contributed by atoms with Crippen molar-refractivity contribution in [3.63, 3.8) is 0 Å². The van der Waals surface area contributed by atoms with Crippen molar-refractivity contribution >= 4 is 28.8 Å². The number of rotatable bonds is 3. The third-order valence-electron chi connectivity index (χ3n) is 4.90. The van der Waals surface area contributed by atoms with Gasteiger partial charge in [0.1, 0.15) is 4.88 Å². The highest BCUT2D eigenvalue weighted by molar-refractivity contribution is 7.13. The van der Waals surface area contributed by atoms with Crippen molar-refractivity contribution in [1.29, 1.82) is 0 Å². The van der Waals surface area contributed by atoms with Gasteiger partial charge in [0.15, 0.2) is 0 Å². The Kier molecular flexibility index (Phi) is 4.07. The number of hydrogen-bond acceptors (Lipinski definition) is 5. The first-order valence-electron chi connectivity index (χ1n) is 8.61. The first-order valence-corrected chi connectivity index (χ1v) is 9.42. The summed E-state index contributed by atoms with van der Waals surface area (Å²) in [7, 11) is 0. The Morgan fingerprint density at radius 3 is 2.84 bits per heavy atom. The third-order valence-corrected chi connectivity index (χ3v) is 5.96. The van der Waals surface area contributed by atoms with E-state index in [-0.39, 0.29) is 17.9 Å². The Hall–Kier alpha value is -2.22. The minimum Gasteiger partial charge on any atom is -0.336 e. The molecule has 2 aromatic heterocycles. The first kappa shape index (κ1) is 16.3. The zero-order valence-corrected chi connectivity index (χ0v) is 15.3. The maximum absolute atomic E-state index is 12.7. The minimum atomic E-state index is 0.0627. The second kappa shape index (κ2) is 6.25. The summed E-state index contributed by atoms with van der Waals surface area (Å²) < 4.78 is 1.90. The van der Waals surface area contributed by atoms with E-state index in [1.807, 2.05) is 29.6 Å². The van der Waals surface area contributed by atoms with Gasteiger partial charge in [-0.3, -0.25) is 14.3 Å². The van der Waals surface area contributed by atoms with Crippen LogP contribution in [0.3, 0.4) is 0 Å². The normalized spacial score (nSPS) is 20.7. The number of nitrogens with zero attached hydrogens (tertiary/aromatic N) is 5. The second-order valence-corrected chi connectivity index (χ2v) is 7.87. The predicted molar refractivity (Wildman–Crippen MR) is 95.0 cm³/mol. The number of amides is 2. The smallest absolute Gasteiger partial charge is 0.265 e. The van der Waals surface area contributed by atoms with Gasteiger partial charge in [-0.15, -0.1) is 11.3 Å². The summed E-state index contributed by atoms with van der Waals surface area (Å²) in [6.07, 6.45) is 6.08. The fourth-order valence-electron chi connectivity index (χ4n) is 3.60. The average Bonchev–Trinajstić information content (AvgIpc) is 3.32. The molecule has 0 bridgehead atoms. The van der Waals surface area contributed by atoms with Crippen LogP contribution in [0.25, 0.3) is 0 Å². The van der Waals surface area contributed by atoms with Crippen LogP contribution in [0.4, 0.5) is 5.69 Å². The van der Waals surface area contributed by atoms with Crippen LogP contribution in [0.15, 0.2) is 12.4 Å². The van der Waals surface area contributed by atoms with Crippen molar-refractivity contribution in [2.24, 2.45) is 0 Å². The zero-order chi connectivity index (χ0) is 17.6. The first-order chi connectivity index (χ1) is 12.0. The van der Waals surface area contributed by atoms with Crippen LogP contribution in [-0.4, -0.2) is 51.1 Å². The Labute approximate surface area is 150 Å². The number of anilines is 1. The molecule has 2 amide bonds. The molecule has 0 saturated carbocycles. The van der Waals surface area contributed by atoms with Crippen LogP contribution in [0.2, 0.25) is 0 Å². The summed E-state index contributed by atoms with van der Waals surface area (Å²) in [5.74, 6) is 0.228. The van der Waals surface area contributed by atoms with Gasteiger partial charge >= 0.3 is 0 Å². The van der Waals surface area contributed by atoms with E-state index in [4.69, 9.17) is 0 Å². The zero-order valence-electron chi connectivity index (χ0n) is 14.4. The molecule has 1 unspecified atom stereocenters. The molecule has 2 aromatic rings. The van der Waals surface area contributed by atoms with Crippen LogP contribution in [0.1, 0.15) is 45.7 Å². The van der Waals surface area contributed by atoms with E-state index in [0.717, 1.165) is 47.2 Å². The van der Waals surface area contributed by atoms with Crippen molar-refractivity contribution in [3.05, 3.63) is 28.0 Å². The van der Waals surface area contributed by atoms with Crippen LogP contribution in [-0.2, 0) is 4.79 Å². The van der Waals surface area contributed by atoms with Gasteiger partial charge in [-0.25, -0.2) is 4.98 Å². The summed E-state index contributed by atoms with van der Waals surface area (Å²) in [5.41, 5.74) is 1.67. The molecule has 2 fully saturated rings. The number of carbonyl (C=O) groups is 2. The standard InChI is InChI=1S/C17H21N5O2S/c1-11-16(25-12(2)19-11)17(24)20-7-5-13(9-20)22-10-14(8-18-22)21-6-3-4-15(21)23/h8,10,13H,3-7,9H2,1-2H3. The highest BCUT2D eigenvalue weighted by atomic mass is 32.1. The lowest BCUT2D eigenvalue weighted by atomic mass is 10.3.